The highest BCUT2D eigenvalue weighted by Crippen LogP contribution is 2.57. The second-order valence-corrected chi connectivity index (χ2v) is 19.5. The summed E-state index contributed by atoms with van der Waals surface area (Å²) in [6, 6.07) is 71.2. The lowest BCUT2D eigenvalue weighted by molar-refractivity contribution is 0.661. The van der Waals surface area contributed by atoms with Crippen molar-refractivity contribution in [1.82, 2.24) is 4.98 Å². The zero-order chi connectivity index (χ0) is 42.0. The van der Waals surface area contributed by atoms with Crippen LogP contribution < -0.4 is 0 Å². The number of aromatic nitrogens is 1. The van der Waals surface area contributed by atoms with Gasteiger partial charge in [0.1, 0.15) is 5.01 Å². The molecule has 0 aliphatic heterocycles. The van der Waals surface area contributed by atoms with Gasteiger partial charge < -0.3 is 0 Å². The molecular formula is C62H37NS. The monoisotopic (exact) mass is 827 g/mol. The first kappa shape index (κ1) is 34.9. The number of hydrogen-bond acceptors (Lipinski definition) is 2. The van der Waals surface area contributed by atoms with E-state index in [1.54, 1.807) is 11.3 Å². The molecule has 296 valence electrons. The van der Waals surface area contributed by atoms with Crippen LogP contribution >= 0.6 is 11.3 Å². The molecule has 3 aliphatic rings. The summed E-state index contributed by atoms with van der Waals surface area (Å²) >= 11 is 1.78. The molecule has 0 fully saturated rings. The molecular weight excluding hydrogens is 791 g/mol. The lowest BCUT2D eigenvalue weighted by Gasteiger charge is -2.24. The maximum Gasteiger partial charge on any atom is 0.124 e. The number of nitrogens with zero attached hydrogens (tertiary/aromatic N) is 1. The molecule has 0 atom stereocenters. The van der Waals surface area contributed by atoms with E-state index in [1.807, 2.05) is 0 Å². The molecule has 0 amide bonds. The van der Waals surface area contributed by atoms with E-state index in [0.717, 1.165) is 10.5 Å². The molecule has 2 heteroatoms. The number of rotatable bonds is 3. The van der Waals surface area contributed by atoms with Crippen LogP contribution in [-0.2, 0) is 5.41 Å². The second kappa shape index (κ2) is 12.3. The van der Waals surface area contributed by atoms with E-state index in [4.69, 9.17) is 4.98 Å². The number of thiazole rings is 1. The summed E-state index contributed by atoms with van der Waals surface area (Å²) in [7, 11) is 0. The predicted molar refractivity (Wildman–Crippen MR) is 272 cm³/mol. The SMILES string of the molecule is CC1(C)c2cc(-c3nc4ccccc4s3)ccc2-c2cc3c(-c4ccc5c6c(cccc46)-c4ccccc4-5)c4ccccc4c(-c4ccc5c6c(cccc46)-c4ccccc4-5)c3cc21. The van der Waals surface area contributed by atoms with Gasteiger partial charge in [-0.2, -0.15) is 0 Å². The van der Waals surface area contributed by atoms with Gasteiger partial charge in [0.05, 0.1) is 10.2 Å². The van der Waals surface area contributed by atoms with Crippen molar-refractivity contribution in [3.8, 4) is 88.5 Å². The number of hydrogen-bond donors (Lipinski definition) is 0. The Kier molecular flexibility index (Phi) is 6.70. The van der Waals surface area contributed by atoms with Crippen LogP contribution in [0.4, 0.5) is 0 Å². The minimum Gasteiger partial charge on any atom is -0.236 e. The van der Waals surface area contributed by atoms with Gasteiger partial charge in [-0.25, -0.2) is 4.98 Å². The van der Waals surface area contributed by atoms with Gasteiger partial charge in [-0.05, 0) is 162 Å². The highest BCUT2D eigenvalue weighted by Gasteiger charge is 2.37. The fourth-order valence-electron chi connectivity index (χ4n) is 12.2. The molecule has 0 radical (unpaired) electrons. The van der Waals surface area contributed by atoms with Crippen molar-refractivity contribution < 1.29 is 0 Å². The molecule has 1 heterocycles. The lowest BCUT2D eigenvalue weighted by atomic mass is 9.78. The average Bonchev–Trinajstić information content (AvgIpc) is 4.07. The first-order valence-electron chi connectivity index (χ1n) is 22.4. The summed E-state index contributed by atoms with van der Waals surface area (Å²) in [5.41, 5.74) is 23.1. The Hall–Kier alpha value is -7.65. The topological polar surface area (TPSA) is 12.9 Å². The molecule has 3 aliphatic carbocycles. The smallest absolute Gasteiger partial charge is 0.124 e. The molecule has 11 aromatic carbocycles. The largest absolute Gasteiger partial charge is 0.236 e. The van der Waals surface area contributed by atoms with Gasteiger partial charge in [-0.1, -0.05) is 172 Å². The number of benzene rings is 11. The highest BCUT2D eigenvalue weighted by molar-refractivity contribution is 7.21. The quantitative estimate of drug-likeness (QED) is 0.162. The standard InChI is InChI=1S/C62H37NS/c1-62(2)53-31-34(61-63-55-23-9-10-24-56(55)64-61)25-26-39(53)50-32-51-52(33-54(50)62)60(49-30-28-47-38-16-6-4-14-36(38)41-20-12-22-45(49)58(41)47)43-18-8-7-17-42(43)59(51)48-29-27-46-37-15-5-3-13-35(37)40-19-11-21-44(48)57(40)46/h3-33H,1-2H3. The zero-order valence-electron chi connectivity index (χ0n) is 35.3. The molecule has 12 aromatic rings. The van der Waals surface area contributed by atoms with Crippen LogP contribution in [0.1, 0.15) is 25.0 Å². The number of fused-ring (bicyclic) bond motifs is 12. The Labute approximate surface area is 374 Å². The van der Waals surface area contributed by atoms with Crippen molar-refractivity contribution >= 4 is 64.6 Å². The third kappa shape index (κ3) is 4.41. The van der Waals surface area contributed by atoms with Crippen molar-refractivity contribution in [2.75, 3.05) is 0 Å². The summed E-state index contributed by atoms with van der Waals surface area (Å²) < 4.78 is 1.22. The molecule has 0 saturated heterocycles. The van der Waals surface area contributed by atoms with Crippen LogP contribution in [0.25, 0.3) is 142 Å². The summed E-state index contributed by atoms with van der Waals surface area (Å²) in [5, 5.41) is 11.5. The summed E-state index contributed by atoms with van der Waals surface area (Å²) in [6.07, 6.45) is 0. The molecule has 0 bridgehead atoms. The molecule has 0 saturated carbocycles. The Morgan fingerprint density at radius 2 is 0.797 bits per heavy atom. The first-order chi connectivity index (χ1) is 31.5. The van der Waals surface area contributed by atoms with E-state index in [0.29, 0.717) is 0 Å². The van der Waals surface area contributed by atoms with Crippen molar-refractivity contribution in [2.24, 2.45) is 0 Å². The van der Waals surface area contributed by atoms with Crippen molar-refractivity contribution in [3.63, 3.8) is 0 Å². The Balaban J connectivity index is 1.06. The van der Waals surface area contributed by atoms with E-state index in [-0.39, 0.29) is 5.41 Å². The Morgan fingerprint density at radius 1 is 0.344 bits per heavy atom. The van der Waals surface area contributed by atoms with Crippen molar-refractivity contribution in [2.45, 2.75) is 19.3 Å². The van der Waals surface area contributed by atoms with Crippen LogP contribution in [-0.4, -0.2) is 4.98 Å². The minimum atomic E-state index is -0.244. The molecule has 0 spiro atoms. The molecule has 0 unspecified atom stereocenters. The molecule has 0 N–H and O–H groups in total. The maximum atomic E-state index is 5.10. The van der Waals surface area contributed by atoms with Crippen LogP contribution in [0.2, 0.25) is 0 Å². The van der Waals surface area contributed by atoms with Crippen LogP contribution in [0.3, 0.4) is 0 Å². The normalized spacial score (nSPS) is 13.6. The van der Waals surface area contributed by atoms with E-state index < -0.39 is 0 Å². The van der Waals surface area contributed by atoms with Crippen molar-refractivity contribution in [3.05, 3.63) is 199 Å². The van der Waals surface area contributed by atoms with Crippen molar-refractivity contribution in [1.29, 1.82) is 0 Å². The third-order valence-electron chi connectivity index (χ3n) is 15.0. The van der Waals surface area contributed by atoms with E-state index in [1.165, 1.54) is 142 Å². The van der Waals surface area contributed by atoms with Gasteiger partial charge in [-0.15, -0.1) is 11.3 Å². The summed E-state index contributed by atoms with van der Waals surface area (Å²) in [5.74, 6) is 0. The van der Waals surface area contributed by atoms with Gasteiger partial charge >= 0.3 is 0 Å². The predicted octanol–water partition coefficient (Wildman–Crippen LogP) is 17.5. The molecule has 1 aromatic heterocycles. The van der Waals surface area contributed by atoms with E-state index in [2.05, 4.69) is 202 Å². The van der Waals surface area contributed by atoms with Gasteiger partial charge in [0.15, 0.2) is 0 Å². The lowest BCUT2D eigenvalue weighted by Crippen LogP contribution is -2.15. The zero-order valence-corrected chi connectivity index (χ0v) is 36.1. The summed E-state index contributed by atoms with van der Waals surface area (Å²) in [6.45, 7) is 4.84. The minimum absolute atomic E-state index is 0.244. The van der Waals surface area contributed by atoms with Gasteiger partial charge in [0.2, 0.25) is 0 Å². The number of para-hydroxylation sites is 1. The maximum absolute atomic E-state index is 5.10. The van der Waals surface area contributed by atoms with Crippen LogP contribution in [0.15, 0.2) is 188 Å². The van der Waals surface area contributed by atoms with Crippen LogP contribution in [0.5, 0.6) is 0 Å². The fraction of sp³-hybridized carbons (Fsp3) is 0.0484. The first-order valence-corrected chi connectivity index (χ1v) is 23.2. The van der Waals surface area contributed by atoms with E-state index in [9.17, 15) is 0 Å². The Morgan fingerprint density at radius 3 is 1.39 bits per heavy atom. The van der Waals surface area contributed by atoms with Crippen LogP contribution in [0, 0.1) is 0 Å². The average molecular weight is 828 g/mol. The van der Waals surface area contributed by atoms with Gasteiger partial charge in [0, 0.05) is 11.0 Å². The summed E-state index contributed by atoms with van der Waals surface area (Å²) in [4.78, 5) is 5.10. The second-order valence-electron chi connectivity index (χ2n) is 18.5. The van der Waals surface area contributed by atoms with E-state index >= 15 is 0 Å². The molecule has 1 nitrogen and oxygen atoms in total. The third-order valence-corrected chi connectivity index (χ3v) is 16.1. The molecule has 64 heavy (non-hydrogen) atoms. The highest BCUT2D eigenvalue weighted by atomic mass is 32.1. The van der Waals surface area contributed by atoms with Gasteiger partial charge in [0.25, 0.3) is 0 Å². The fourth-order valence-corrected chi connectivity index (χ4v) is 13.1. The Bertz CT molecular complexity index is 4010. The molecule has 15 rings (SSSR count). The van der Waals surface area contributed by atoms with Gasteiger partial charge in [-0.3, -0.25) is 0 Å².